The van der Waals surface area contributed by atoms with Gasteiger partial charge in [0.15, 0.2) is 0 Å². The van der Waals surface area contributed by atoms with Gasteiger partial charge in [0.25, 0.3) is 0 Å². The second kappa shape index (κ2) is 9.85. The molecule has 2 aliphatic rings. The summed E-state index contributed by atoms with van der Waals surface area (Å²) in [7, 11) is 3.30. The van der Waals surface area contributed by atoms with Crippen molar-refractivity contribution in [2.24, 2.45) is 5.73 Å². The summed E-state index contributed by atoms with van der Waals surface area (Å²) < 4.78 is 16.7. The molecule has 0 spiro atoms. The molecule has 4 rings (SSSR count). The van der Waals surface area contributed by atoms with Crippen LogP contribution in [0.1, 0.15) is 30.4 Å². The van der Waals surface area contributed by atoms with Crippen LogP contribution in [0, 0.1) is 11.3 Å². The van der Waals surface area contributed by atoms with E-state index in [0.29, 0.717) is 5.57 Å². The summed E-state index contributed by atoms with van der Waals surface area (Å²) in [4.78, 5) is 2.39. The van der Waals surface area contributed by atoms with Gasteiger partial charge in [-0.3, -0.25) is 4.90 Å². The summed E-state index contributed by atoms with van der Waals surface area (Å²) >= 11 is 0. The van der Waals surface area contributed by atoms with E-state index in [9.17, 15) is 5.26 Å². The molecule has 0 saturated heterocycles. The molecule has 6 heteroatoms. The highest BCUT2D eigenvalue weighted by Crippen LogP contribution is 2.44. The molecule has 0 amide bonds. The van der Waals surface area contributed by atoms with Gasteiger partial charge in [-0.1, -0.05) is 31.2 Å². The number of nitrogens with two attached hydrogens (primary N) is 1. The van der Waals surface area contributed by atoms with E-state index in [-0.39, 0.29) is 11.8 Å². The predicted octanol–water partition coefficient (Wildman–Crippen LogP) is 4.57. The lowest BCUT2D eigenvalue weighted by molar-refractivity contribution is 0.234. The van der Waals surface area contributed by atoms with Gasteiger partial charge in [-0.15, -0.1) is 0 Å². The third-order valence-corrected chi connectivity index (χ3v) is 6.05. The number of methoxy groups -OCH3 is 2. The van der Waals surface area contributed by atoms with Crippen LogP contribution >= 0.6 is 0 Å². The van der Waals surface area contributed by atoms with E-state index in [0.717, 1.165) is 65.6 Å². The summed E-state index contributed by atoms with van der Waals surface area (Å²) in [5, 5.41) is 9.95. The molecule has 0 radical (unpaired) electrons. The molecule has 2 aromatic rings. The van der Waals surface area contributed by atoms with Crippen LogP contribution < -0.4 is 15.2 Å². The summed E-state index contributed by atoms with van der Waals surface area (Å²) in [6.45, 7) is 4.60. The monoisotopic (exact) mass is 443 g/mol. The highest BCUT2D eigenvalue weighted by molar-refractivity contribution is 5.63. The van der Waals surface area contributed by atoms with Crippen LogP contribution in [-0.4, -0.2) is 38.8 Å². The van der Waals surface area contributed by atoms with Crippen molar-refractivity contribution in [1.29, 1.82) is 5.26 Å². The number of allylic oxidation sites excluding steroid dienone is 1. The van der Waals surface area contributed by atoms with Crippen LogP contribution in [0.15, 0.2) is 76.9 Å². The Morgan fingerprint density at radius 2 is 1.70 bits per heavy atom. The maximum atomic E-state index is 9.95. The molecule has 1 atom stereocenters. The molecule has 1 unspecified atom stereocenters. The van der Waals surface area contributed by atoms with Crippen molar-refractivity contribution in [2.75, 3.05) is 33.9 Å². The van der Waals surface area contributed by atoms with Crippen LogP contribution in [0.25, 0.3) is 6.08 Å². The lowest BCUT2D eigenvalue weighted by Crippen LogP contribution is -2.38. The number of rotatable bonds is 6. The molecule has 170 valence electrons. The van der Waals surface area contributed by atoms with Gasteiger partial charge >= 0.3 is 0 Å². The van der Waals surface area contributed by atoms with Gasteiger partial charge in [0.1, 0.15) is 28.9 Å². The highest BCUT2D eigenvalue weighted by Gasteiger charge is 2.37. The molecule has 2 N–H and O–H groups in total. The minimum Gasteiger partial charge on any atom is -0.497 e. The summed E-state index contributed by atoms with van der Waals surface area (Å²) in [6, 6.07) is 18.0. The molecule has 2 aliphatic heterocycles. The Balaban J connectivity index is 1.82. The lowest BCUT2D eigenvalue weighted by atomic mass is 9.80. The van der Waals surface area contributed by atoms with Crippen LogP contribution in [0.2, 0.25) is 0 Å². The predicted molar refractivity (Wildman–Crippen MR) is 128 cm³/mol. The average molecular weight is 444 g/mol. The molecule has 33 heavy (non-hydrogen) atoms. The van der Waals surface area contributed by atoms with Crippen LogP contribution in [-0.2, 0) is 4.74 Å². The van der Waals surface area contributed by atoms with Crippen molar-refractivity contribution in [2.45, 2.75) is 19.3 Å². The second-order valence-corrected chi connectivity index (χ2v) is 8.21. The van der Waals surface area contributed by atoms with Crippen LogP contribution in [0.5, 0.6) is 11.5 Å². The number of hydrogen-bond acceptors (Lipinski definition) is 6. The number of hydrogen-bond donors (Lipinski definition) is 1. The van der Waals surface area contributed by atoms with E-state index in [2.05, 4.69) is 24.0 Å². The van der Waals surface area contributed by atoms with Gasteiger partial charge in [0.2, 0.25) is 5.88 Å². The van der Waals surface area contributed by atoms with E-state index in [1.807, 2.05) is 48.5 Å². The van der Waals surface area contributed by atoms with Crippen molar-refractivity contribution in [3.05, 3.63) is 88.0 Å². The Kier molecular flexibility index (Phi) is 6.71. The summed E-state index contributed by atoms with van der Waals surface area (Å²) in [5.41, 5.74) is 10.9. The van der Waals surface area contributed by atoms with Crippen molar-refractivity contribution in [3.8, 4) is 17.6 Å². The van der Waals surface area contributed by atoms with E-state index < -0.39 is 0 Å². The fourth-order valence-electron chi connectivity index (χ4n) is 4.49. The third-order valence-electron chi connectivity index (χ3n) is 6.05. The molecule has 0 fully saturated rings. The summed E-state index contributed by atoms with van der Waals surface area (Å²) in [5.74, 6) is 2.26. The first-order valence-electron chi connectivity index (χ1n) is 11.1. The Morgan fingerprint density at radius 3 is 2.27 bits per heavy atom. The highest BCUT2D eigenvalue weighted by atomic mass is 16.5. The molecule has 0 aliphatic carbocycles. The minimum atomic E-state index is -0.261. The Hall–Kier alpha value is -3.69. The Morgan fingerprint density at radius 1 is 1.06 bits per heavy atom. The maximum Gasteiger partial charge on any atom is 0.205 e. The first-order chi connectivity index (χ1) is 16.1. The molecule has 2 heterocycles. The quantitative estimate of drug-likeness (QED) is 0.704. The maximum absolute atomic E-state index is 9.95. The molecule has 0 saturated carbocycles. The second-order valence-electron chi connectivity index (χ2n) is 8.21. The van der Waals surface area contributed by atoms with E-state index in [4.69, 9.17) is 19.9 Å². The average Bonchev–Trinajstić information content (AvgIpc) is 2.84. The SMILES string of the molecule is CCCN1CC(=Cc2ccc(OC)cc2)C2=C(C1)C(c1ccc(OC)cc1)C(C#N)=C(N)O2. The first-order valence-corrected chi connectivity index (χ1v) is 11.1. The van der Waals surface area contributed by atoms with Gasteiger partial charge in [-0.25, -0.2) is 0 Å². The fourth-order valence-corrected chi connectivity index (χ4v) is 4.49. The van der Waals surface area contributed by atoms with Gasteiger partial charge in [-0.2, -0.15) is 5.26 Å². The normalized spacial score (nSPS) is 19.7. The van der Waals surface area contributed by atoms with Crippen LogP contribution in [0.4, 0.5) is 0 Å². The Bertz CT molecular complexity index is 1140. The van der Waals surface area contributed by atoms with Crippen molar-refractivity contribution in [3.63, 3.8) is 0 Å². The topological polar surface area (TPSA) is 80.7 Å². The first kappa shape index (κ1) is 22.5. The van der Waals surface area contributed by atoms with Gasteiger partial charge < -0.3 is 19.9 Å². The molecular weight excluding hydrogens is 414 g/mol. The van der Waals surface area contributed by atoms with Crippen molar-refractivity contribution < 1.29 is 14.2 Å². The van der Waals surface area contributed by atoms with E-state index in [1.165, 1.54) is 0 Å². The lowest BCUT2D eigenvalue weighted by Gasteiger charge is -2.38. The molecular formula is C27H29N3O3. The van der Waals surface area contributed by atoms with Crippen LogP contribution in [0.3, 0.4) is 0 Å². The van der Waals surface area contributed by atoms with Gasteiger partial charge in [0, 0.05) is 18.7 Å². The molecule has 6 nitrogen and oxygen atoms in total. The summed E-state index contributed by atoms with van der Waals surface area (Å²) in [6.07, 6.45) is 3.17. The zero-order valence-corrected chi connectivity index (χ0v) is 19.3. The molecule has 0 aromatic heterocycles. The fraction of sp³-hybridized carbons (Fsp3) is 0.296. The van der Waals surface area contributed by atoms with E-state index >= 15 is 0 Å². The van der Waals surface area contributed by atoms with Crippen molar-refractivity contribution >= 4 is 6.08 Å². The number of nitriles is 1. The number of ether oxygens (including phenoxy) is 3. The zero-order valence-electron chi connectivity index (χ0n) is 19.3. The van der Waals surface area contributed by atoms with Gasteiger partial charge in [-0.05, 0) is 60.0 Å². The number of benzene rings is 2. The third kappa shape index (κ3) is 4.59. The van der Waals surface area contributed by atoms with Crippen molar-refractivity contribution in [1.82, 2.24) is 4.90 Å². The minimum absolute atomic E-state index is 0.168. The standard InChI is InChI=1S/C27H29N3O3/c1-4-13-30-16-20(14-18-5-9-21(31-2)10-6-18)26-24(17-30)25(23(15-28)27(29)33-26)19-7-11-22(32-3)12-8-19/h5-12,14,25H,4,13,16-17,29H2,1-3H3. The Labute approximate surface area is 195 Å². The largest absolute Gasteiger partial charge is 0.497 e. The van der Waals surface area contributed by atoms with Gasteiger partial charge in [0.05, 0.1) is 20.1 Å². The van der Waals surface area contributed by atoms with E-state index in [1.54, 1.807) is 14.2 Å². The molecule has 0 bridgehead atoms. The zero-order chi connectivity index (χ0) is 23.4. The smallest absolute Gasteiger partial charge is 0.205 e. The molecule has 2 aromatic carbocycles. The number of nitrogens with zero attached hydrogens (tertiary/aromatic N) is 2.